The van der Waals surface area contributed by atoms with Gasteiger partial charge in [0.25, 0.3) is 0 Å². The van der Waals surface area contributed by atoms with Gasteiger partial charge in [-0.15, -0.1) is 0 Å². The van der Waals surface area contributed by atoms with Crippen LogP contribution >= 0.6 is 0 Å². The molecule has 0 saturated heterocycles. The number of nitrogens with zero attached hydrogens (tertiary/aromatic N) is 1. The van der Waals surface area contributed by atoms with Crippen molar-refractivity contribution in [2.24, 2.45) is 0 Å². The van der Waals surface area contributed by atoms with E-state index >= 15 is 0 Å². The number of likely N-dealkylation sites (N-methyl/N-ethyl adjacent to an activating group) is 1. The van der Waals surface area contributed by atoms with Gasteiger partial charge in [0.05, 0.1) is 0 Å². The van der Waals surface area contributed by atoms with E-state index in [0.29, 0.717) is 6.04 Å². The average Bonchev–Trinajstić information content (AvgIpc) is 2.13. The standard InChI is InChI=1S/C11H27N3/c1-5-9-14(4)10-11(2)13-8-6-7-12-3/h11-13H,5-10H2,1-4H3. The Bertz CT molecular complexity index is 117. The van der Waals surface area contributed by atoms with Gasteiger partial charge in [0.15, 0.2) is 0 Å². The lowest BCUT2D eigenvalue weighted by atomic mass is 10.3. The van der Waals surface area contributed by atoms with E-state index in [1.807, 2.05) is 7.05 Å². The van der Waals surface area contributed by atoms with E-state index in [0.717, 1.165) is 19.6 Å². The second-order valence-corrected chi connectivity index (χ2v) is 4.07. The molecule has 86 valence electrons. The summed E-state index contributed by atoms with van der Waals surface area (Å²) in [6.07, 6.45) is 2.45. The van der Waals surface area contributed by atoms with E-state index in [1.54, 1.807) is 0 Å². The molecule has 0 amide bonds. The van der Waals surface area contributed by atoms with Crippen molar-refractivity contribution < 1.29 is 0 Å². The van der Waals surface area contributed by atoms with E-state index in [1.165, 1.54) is 19.4 Å². The second kappa shape index (κ2) is 9.44. The number of rotatable bonds is 9. The molecule has 0 fully saturated rings. The molecule has 0 spiro atoms. The fourth-order valence-electron chi connectivity index (χ4n) is 1.62. The molecule has 0 aromatic rings. The summed E-state index contributed by atoms with van der Waals surface area (Å²) in [5, 5.41) is 6.68. The van der Waals surface area contributed by atoms with Crippen molar-refractivity contribution in [3.8, 4) is 0 Å². The molecule has 1 unspecified atom stereocenters. The van der Waals surface area contributed by atoms with Gasteiger partial charge in [0.2, 0.25) is 0 Å². The normalized spacial score (nSPS) is 13.5. The highest BCUT2D eigenvalue weighted by Gasteiger charge is 2.03. The number of nitrogens with one attached hydrogen (secondary N) is 2. The maximum Gasteiger partial charge on any atom is 0.0166 e. The van der Waals surface area contributed by atoms with Crippen LogP contribution in [0.4, 0.5) is 0 Å². The SMILES string of the molecule is CCCN(C)CC(C)NCCCNC. The second-order valence-electron chi connectivity index (χ2n) is 4.07. The Balaban J connectivity index is 3.30. The highest BCUT2D eigenvalue weighted by Crippen LogP contribution is 1.90. The Labute approximate surface area is 89.2 Å². The quantitative estimate of drug-likeness (QED) is 0.543. The highest BCUT2D eigenvalue weighted by molar-refractivity contribution is 4.65. The first kappa shape index (κ1) is 13.9. The Hall–Kier alpha value is -0.120. The van der Waals surface area contributed by atoms with Crippen LogP contribution in [0.15, 0.2) is 0 Å². The lowest BCUT2D eigenvalue weighted by Crippen LogP contribution is -2.38. The van der Waals surface area contributed by atoms with E-state index in [2.05, 4.69) is 36.4 Å². The molecule has 14 heavy (non-hydrogen) atoms. The fourth-order valence-corrected chi connectivity index (χ4v) is 1.62. The van der Waals surface area contributed by atoms with Gasteiger partial charge in [-0.25, -0.2) is 0 Å². The first-order valence-corrected chi connectivity index (χ1v) is 5.77. The van der Waals surface area contributed by atoms with Crippen molar-refractivity contribution in [2.75, 3.05) is 40.3 Å². The molecule has 0 aliphatic carbocycles. The molecule has 1 atom stereocenters. The van der Waals surface area contributed by atoms with E-state index in [9.17, 15) is 0 Å². The fraction of sp³-hybridized carbons (Fsp3) is 1.00. The van der Waals surface area contributed by atoms with Gasteiger partial charge < -0.3 is 15.5 Å². The third-order valence-corrected chi connectivity index (χ3v) is 2.29. The summed E-state index contributed by atoms with van der Waals surface area (Å²) in [7, 11) is 4.19. The van der Waals surface area contributed by atoms with E-state index in [-0.39, 0.29) is 0 Å². The Morgan fingerprint density at radius 1 is 1.29 bits per heavy atom. The molecule has 0 heterocycles. The Morgan fingerprint density at radius 2 is 2.00 bits per heavy atom. The summed E-state index contributed by atoms with van der Waals surface area (Å²) in [6.45, 7) is 9.04. The minimum atomic E-state index is 0.600. The molecule has 3 nitrogen and oxygen atoms in total. The molecule has 3 heteroatoms. The summed E-state index contributed by atoms with van der Waals surface area (Å²) >= 11 is 0. The van der Waals surface area contributed by atoms with Gasteiger partial charge in [-0.2, -0.15) is 0 Å². The number of hydrogen-bond donors (Lipinski definition) is 2. The van der Waals surface area contributed by atoms with Gasteiger partial charge in [-0.1, -0.05) is 6.92 Å². The Morgan fingerprint density at radius 3 is 2.57 bits per heavy atom. The third-order valence-electron chi connectivity index (χ3n) is 2.29. The summed E-state index contributed by atoms with van der Waals surface area (Å²) in [5.41, 5.74) is 0. The van der Waals surface area contributed by atoms with Crippen LogP contribution in [0.1, 0.15) is 26.7 Å². The molecule has 2 N–H and O–H groups in total. The molecule has 0 rings (SSSR count). The largest absolute Gasteiger partial charge is 0.320 e. The van der Waals surface area contributed by atoms with Gasteiger partial charge in [-0.3, -0.25) is 0 Å². The lowest BCUT2D eigenvalue weighted by Gasteiger charge is -2.21. The molecule has 0 aromatic carbocycles. The van der Waals surface area contributed by atoms with Crippen molar-refractivity contribution in [3.05, 3.63) is 0 Å². The molecule has 0 aromatic heterocycles. The predicted octanol–water partition coefficient (Wildman–Crippen LogP) is 0.916. The maximum absolute atomic E-state index is 3.53. The minimum absolute atomic E-state index is 0.600. The van der Waals surface area contributed by atoms with Crippen LogP contribution in [0.5, 0.6) is 0 Å². The molecular weight excluding hydrogens is 174 g/mol. The predicted molar refractivity (Wildman–Crippen MR) is 63.8 cm³/mol. The van der Waals surface area contributed by atoms with Crippen molar-refractivity contribution in [2.45, 2.75) is 32.7 Å². The lowest BCUT2D eigenvalue weighted by molar-refractivity contribution is 0.296. The summed E-state index contributed by atoms with van der Waals surface area (Å²) in [5.74, 6) is 0. The van der Waals surface area contributed by atoms with Crippen LogP contribution in [0.25, 0.3) is 0 Å². The monoisotopic (exact) mass is 201 g/mol. The first-order chi connectivity index (χ1) is 6.70. The third kappa shape index (κ3) is 8.48. The van der Waals surface area contributed by atoms with Gasteiger partial charge in [-0.05, 0) is 53.5 Å². The van der Waals surface area contributed by atoms with E-state index < -0.39 is 0 Å². The maximum atomic E-state index is 3.53. The van der Waals surface area contributed by atoms with Crippen LogP contribution in [0.3, 0.4) is 0 Å². The van der Waals surface area contributed by atoms with E-state index in [4.69, 9.17) is 0 Å². The van der Waals surface area contributed by atoms with Crippen LogP contribution in [0, 0.1) is 0 Å². The van der Waals surface area contributed by atoms with Crippen molar-refractivity contribution in [1.29, 1.82) is 0 Å². The smallest absolute Gasteiger partial charge is 0.0166 e. The average molecular weight is 201 g/mol. The molecular formula is C11H27N3. The van der Waals surface area contributed by atoms with Crippen molar-refractivity contribution in [1.82, 2.24) is 15.5 Å². The van der Waals surface area contributed by atoms with Crippen molar-refractivity contribution >= 4 is 0 Å². The molecule has 0 aliphatic heterocycles. The zero-order chi connectivity index (χ0) is 10.8. The topological polar surface area (TPSA) is 27.3 Å². The highest BCUT2D eigenvalue weighted by atomic mass is 15.1. The molecule has 0 bridgehead atoms. The van der Waals surface area contributed by atoms with Crippen LogP contribution in [-0.2, 0) is 0 Å². The van der Waals surface area contributed by atoms with Crippen LogP contribution in [0.2, 0.25) is 0 Å². The molecule has 0 radical (unpaired) electrons. The van der Waals surface area contributed by atoms with Gasteiger partial charge in [0, 0.05) is 12.6 Å². The molecule has 0 aliphatic rings. The number of hydrogen-bond acceptors (Lipinski definition) is 3. The Kier molecular flexibility index (Phi) is 9.35. The van der Waals surface area contributed by atoms with Crippen molar-refractivity contribution in [3.63, 3.8) is 0 Å². The zero-order valence-corrected chi connectivity index (χ0v) is 10.3. The van der Waals surface area contributed by atoms with Crippen LogP contribution < -0.4 is 10.6 Å². The summed E-state index contributed by atoms with van der Waals surface area (Å²) in [4.78, 5) is 2.38. The summed E-state index contributed by atoms with van der Waals surface area (Å²) in [6, 6.07) is 0.600. The van der Waals surface area contributed by atoms with Gasteiger partial charge >= 0.3 is 0 Å². The zero-order valence-electron chi connectivity index (χ0n) is 10.3. The minimum Gasteiger partial charge on any atom is -0.320 e. The van der Waals surface area contributed by atoms with Gasteiger partial charge in [0.1, 0.15) is 0 Å². The first-order valence-electron chi connectivity index (χ1n) is 5.77. The summed E-state index contributed by atoms with van der Waals surface area (Å²) < 4.78 is 0. The molecule has 0 saturated carbocycles. The van der Waals surface area contributed by atoms with Crippen LogP contribution in [-0.4, -0.2) is 51.2 Å².